The zero-order valence-electron chi connectivity index (χ0n) is 10.9. The Morgan fingerprint density at radius 3 is 2.95 bits per heavy atom. The summed E-state index contributed by atoms with van der Waals surface area (Å²) in [6.07, 6.45) is 5.09. The van der Waals surface area contributed by atoms with Crippen LogP contribution in [0.5, 0.6) is 0 Å². The van der Waals surface area contributed by atoms with Crippen LogP contribution in [0.2, 0.25) is 0 Å². The van der Waals surface area contributed by atoms with Gasteiger partial charge in [-0.05, 0) is 36.6 Å². The van der Waals surface area contributed by atoms with Crippen LogP contribution in [0.1, 0.15) is 36.2 Å². The minimum absolute atomic E-state index is 0.0332. The van der Waals surface area contributed by atoms with Crippen molar-refractivity contribution in [3.05, 3.63) is 30.0 Å². The van der Waals surface area contributed by atoms with E-state index in [1.807, 2.05) is 24.3 Å². The van der Waals surface area contributed by atoms with Crippen molar-refractivity contribution in [3.63, 3.8) is 0 Å². The van der Waals surface area contributed by atoms with Crippen molar-refractivity contribution in [1.82, 2.24) is 10.3 Å². The lowest BCUT2D eigenvalue weighted by atomic mass is 9.83. The maximum atomic E-state index is 12.0. The highest BCUT2D eigenvalue weighted by Gasteiger charge is 2.17. The number of H-pyrrole nitrogens is 1. The molecule has 1 aliphatic carbocycles. The standard InChI is InChI=1S/C15H19N3O/c16-12-4-5-13-11(8-12)9-14(18-13)15(19)17-7-6-10-2-1-3-10/h4-5,8-10,18H,1-3,6-7,16H2,(H,17,19). The van der Waals surface area contributed by atoms with Crippen LogP contribution in [0.4, 0.5) is 5.69 Å². The van der Waals surface area contributed by atoms with Gasteiger partial charge in [0.2, 0.25) is 0 Å². The highest BCUT2D eigenvalue weighted by molar-refractivity contribution is 5.98. The third-order valence-electron chi connectivity index (χ3n) is 3.95. The van der Waals surface area contributed by atoms with Crippen LogP contribution in [0, 0.1) is 5.92 Å². The van der Waals surface area contributed by atoms with E-state index < -0.39 is 0 Å². The lowest BCUT2D eigenvalue weighted by Crippen LogP contribution is -2.27. The van der Waals surface area contributed by atoms with E-state index in [4.69, 9.17) is 5.73 Å². The van der Waals surface area contributed by atoms with Crippen molar-refractivity contribution in [2.24, 2.45) is 5.92 Å². The van der Waals surface area contributed by atoms with E-state index in [1.54, 1.807) is 0 Å². The Morgan fingerprint density at radius 2 is 2.21 bits per heavy atom. The molecule has 0 atom stereocenters. The van der Waals surface area contributed by atoms with E-state index in [0.717, 1.165) is 29.8 Å². The fraction of sp³-hybridized carbons (Fsp3) is 0.400. The van der Waals surface area contributed by atoms with E-state index in [0.29, 0.717) is 11.4 Å². The van der Waals surface area contributed by atoms with E-state index in [1.165, 1.54) is 19.3 Å². The first-order valence-electron chi connectivity index (χ1n) is 6.89. The Kier molecular flexibility index (Phi) is 3.15. The number of amides is 1. The second-order valence-corrected chi connectivity index (χ2v) is 5.37. The molecule has 19 heavy (non-hydrogen) atoms. The Labute approximate surface area is 112 Å². The number of aromatic amines is 1. The van der Waals surface area contributed by atoms with Gasteiger partial charge in [-0.3, -0.25) is 4.79 Å². The van der Waals surface area contributed by atoms with Crippen molar-refractivity contribution < 1.29 is 4.79 Å². The fourth-order valence-electron chi connectivity index (χ4n) is 2.54. The van der Waals surface area contributed by atoms with Crippen LogP contribution >= 0.6 is 0 Å². The maximum absolute atomic E-state index is 12.0. The number of benzene rings is 1. The summed E-state index contributed by atoms with van der Waals surface area (Å²) in [6, 6.07) is 7.45. The summed E-state index contributed by atoms with van der Waals surface area (Å²) in [4.78, 5) is 15.1. The number of aromatic nitrogens is 1. The fourth-order valence-corrected chi connectivity index (χ4v) is 2.54. The van der Waals surface area contributed by atoms with Gasteiger partial charge in [0.1, 0.15) is 5.69 Å². The Morgan fingerprint density at radius 1 is 1.37 bits per heavy atom. The molecule has 0 aliphatic heterocycles. The number of hydrogen-bond donors (Lipinski definition) is 3. The molecule has 0 bridgehead atoms. The zero-order chi connectivity index (χ0) is 13.2. The molecule has 4 N–H and O–H groups in total. The molecular formula is C15H19N3O. The van der Waals surface area contributed by atoms with Crippen molar-refractivity contribution in [3.8, 4) is 0 Å². The predicted molar refractivity (Wildman–Crippen MR) is 77.0 cm³/mol. The number of nitrogens with one attached hydrogen (secondary N) is 2. The molecule has 1 heterocycles. The van der Waals surface area contributed by atoms with Crippen LogP contribution in [0.3, 0.4) is 0 Å². The van der Waals surface area contributed by atoms with Gasteiger partial charge in [0.25, 0.3) is 5.91 Å². The van der Waals surface area contributed by atoms with E-state index in [-0.39, 0.29) is 5.91 Å². The average Bonchev–Trinajstić information content (AvgIpc) is 2.75. The van der Waals surface area contributed by atoms with Crippen LogP contribution in [0.15, 0.2) is 24.3 Å². The largest absolute Gasteiger partial charge is 0.399 e. The van der Waals surface area contributed by atoms with Gasteiger partial charge in [0.05, 0.1) is 0 Å². The third kappa shape index (κ3) is 2.57. The van der Waals surface area contributed by atoms with Gasteiger partial charge < -0.3 is 16.0 Å². The molecule has 0 radical (unpaired) electrons. The lowest BCUT2D eigenvalue weighted by molar-refractivity contribution is 0.0945. The number of carbonyl (C=O) groups is 1. The number of anilines is 1. The number of carbonyl (C=O) groups excluding carboxylic acids is 1. The lowest BCUT2D eigenvalue weighted by Gasteiger charge is -2.25. The molecule has 1 aliphatic rings. The van der Waals surface area contributed by atoms with Crippen molar-refractivity contribution in [2.75, 3.05) is 12.3 Å². The van der Waals surface area contributed by atoms with Crippen LogP contribution in [-0.2, 0) is 0 Å². The van der Waals surface area contributed by atoms with Crippen molar-refractivity contribution in [1.29, 1.82) is 0 Å². The third-order valence-corrected chi connectivity index (χ3v) is 3.95. The molecular weight excluding hydrogens is 238 g/mol. The second kappa shape index (κ2) is 4.96. The monoisotopic (exact) mass is 257 g/mol. The Bertz CT molecular complexity index is 598. The van der Waals surface area contributed by atoms with Crippen LogP contribution in [0.25, 0.3) is 10.9 Å². The number of fused-ring (bicyclic) bond motifs is 1. The first kappa shape index (κ1) is 12.1. The van der Waals surface area contributed by atoms with Gasteiger partial charge in [0, 0.05) is 23.1 Å². The summed E-state index contributed by atoms with van der Waals surface area (Å²) in [7, 11) is 0. The molecule has 1 aromatic carbocycles. The van der Waals surface area contributed by atoms with Gasteiger partial charge in [-0.25, -0.2) is 0 Å². The van der Waals surface area contributed by atoms with Gasteiger partial charge in [-0.15, -0.1) is 0 Å². The summed E-state index contributed by atoms with van der Waals surface area (Å²) in [5.41, 5.74) is 7.99. The molecule has 1 saturated carbocycles. The van der Waals surface area contributed by atoms with Gasteiger partial charge in [0.15, 0.2) is 0 Å². The Hall–Kier alpha value is -1.97. The second-order valence-electron chi connectivity index (χ2n) is 5.37. The van der Waals surface area contributed by atoms with Crippen LogP contribution in [-0.4, -0.2) is 17.4 Å². The summed E-state index contributed by atoms with van der Waals surface area (Å²) < 4.78 is 0. The number of rotatable bonds is 4. The molecule has 0 unspecified atom stereocenters. The molecule has 1 amide bonds. The zero-order valence-corrected chi connectivity index (χ0v) is 10.9. The molecule has 3 rings (SSSR count). The first-order chi connectivity index (χ1) is 9.22. The minimum atomic E-state index is -0.0332. The number of nitrogen functional groups attached to an aromatic ring is 1. The maximum Gasteiger partial charge on any atom is 0.267 e. The van der Waals surface area contributed by atoms with E-state index in [2.05, 4.69) is 10.3 Å². The molecule has 0 saturated heterocycles. The highest BCUT2D eigenvalue weighted by Crippen LogP contribution is 2.28. The molecule has 1 aromatic heterocycles. The minimum Gasteiger partial charge on any atom is -0.399 e. The molecule has 1 fully saturated rings. The smallest absolute Gasteiger partial charge is 0.267 e. The van der Waals surface area contributed by atoms with Gasteiger partial charge in [-0.2, -0.15) is 0 Å². The average molecular weight is 257 g/mol. The SMILES string of the molecule is Nc1ccc2[nH]c(C(=O)NCCC3CCC3)cc2c1. The molecule has 4 heteroatoms. The highest BCUT2D eigenvalue weighted by atomic mass is 16.1. The predicted octanol–water partition coefficient (Wildman–Crippen LogP) is 2.67. The number of hydrogen-bond acceptors (Lipinski definition) is 2. The summed E-state index contributed by atoms with van der Waals surface area (Å²) in [6.45, 7) is 0.765. The van der Waals surface area contributed by atoms with Gasteiger partial charge in [-0.1, -0.05) is 19.3 Å². The van der Waals surface area contributed by atoms with E-state index in [9.17, 15) is 4.79 Å². The molecule has 4 nitrogen and oxygen atoms in total. The summed E-state index contributed by atoms with van der Waals surface area (Å²) >= 11 is 0. The quantitative estimate of drug-likeness (QED) is 0.737. The topological polar surface area (TPSA) is 70.9 Å². The molecule has 100 valence electrons. The summed E-state index contributed by atoms with van der Waals surface area (Å²) in [5, 5.41) is 3.95. The normalized spacial score (nSPS) is 15.4. The van der Waals surface area contributed by atoms with Crippen molar-refractivity contribution >= 4 is 22.5 Å². The number of nitrogens with two attached hydrogens (primary N) is 1. The molecule has 0 spiro atoms. The van der Waals surface area contributed by atoms with Gasteiger partial charge >= 0.3 is 0 Å². The summed E-state index contributed by atoms with van der Waals surface area (Å²) in [5.74, 6) is 0.789. The molecule has 2 aromatic rings. The van der Waals surface area contributed by atoms with Crippen molar-refractivity contribution in [2.45, 2.75) is 25.7 Å². The Balaban J connectivity index is 1.63. The van der Waals surface area contributed by atoms with Crippen LogP contribution < -0.4 is 11.1 Å². The van der Waals surface area contributed by atoms with E-state index >= 15 is 0 Å². The first-order valence-corrected chi connectivity index (χ1v) is 6.89.